The van der Waals surface area contributed by atoms with E-state index >= 15 is 0 Å². The van der Waals surface area contributed by atoms with Gasteiger partial charge in [-0.2, -0.15) is 0 Å². The summed E-state index contributed by atoms with van der Waals surface area (Å²) in [7, 11) is 0. The van der Waals surface area contributed by atoms with Crippen molar-refractivity contribution in [1.82, 2.24) is 0 Å². The first kappa shape index (κ1) is 41.7. The van der Waals surface area contributed by atoms with E-state index in [1.807, 2.05) is 0 Å². The Hall–Kier alpha value is -7.74. The first-order valence-corrected chi connectivity index (χ1v) is 24.7. The van der Waals surface area contributed by atoms with Crippen molar-refractivity contribution in [3.63, 3.8) is 0 Å². The zero-order chi connectivity index (χ0) is 45.3. The van der Waals surface area contributed by atoms with Crippen LogP contribution in [0.2, 0.25) is 0 Å². The summed E-state index contributed by atoms with van der Waals surface area (Å²) >= 11 is 0. The minimum absolute atomic E-state index is 0.0394. The lowest BCUT2D eigenvalue weighted by molar-refractivity contribution is 0.353. The number of hydrogen-bond acceptors (Lipinski definition) is 1. The third-order valence-electron chi connectivity index (χ3n) is 15.2. The highest BCUT2D eigenvalue weighted by Gasteiger charge is 2.44. The van der Waals surface area contributed by atoms with Gasteiger partial charge in [-0.1, -0.05) is 226 Å². The molecule has 1 spiro atoms. The molecule has 0 unspecified atom stereocenters. The van der Waals surface area contributed by atoms with E-state index in [4.69, 9.17) is 0 Å². The smallest absolute Gasteiger partial charge is 0.0701 e. The fraction of sp³-hybridized carbons (Fsp3) is 0.134. The number of hydrogen-bond donors (Lipinski definition) is 0. The van der Waals surface area contributed by atoms with Crippen molar-refractivity contribution in [3.8, 4) is 22.3 Å². The average Bonchev–Trinajstić information content (AvgIpc) is 3.66. The van der Waals surface area contributed by atoms with E-state index in [0.717, 1.165) is 12.8 Å². The van der Waals surface area contributed by atoms with Crippen LogP contribution in [-0.2, 0) is 10.8 Å². The van der Waals surface area contributed by atoms with Crippen LogP contribution in [0, 0.1) is 0 Å². The second kappa shape index (κ2) is 17.8. The SMILES string of the molecule is C1=CC(N(c2ccccc2)c2ccc3c(c2)C2(CCCCC2)c2cc(/C=C/c4ccc5cc(-c6ccc(C(c7ccccc7)(c7ccccc7)c7ccccc7)cc6)ccc5c4)ccc2-3)=CCC1. The predicted molar refractivity (Wildman–Crippen MR) is 287 cm³/mol. The number of benzene rings is 9. The molecule has 1 heteroatoms. The summed E-state index contributed by atoms with van der Waals surface area (Å²) in [5, 5.41) is 2.49. The highest BCUT2D eigenvalue weighted by atomic mass is 15.1. The monoisotopic (exact) mass is 873 g/mol. The number of nitrogens with zero attached hydrogens (tertiary/aromatic N) is 1. The minimum Gasteiger partial charge on any atom is -0.311 e. The molecule has 9 aromatic carbocycles. The zero-order valence-electron chi connectivity index (χ0n) is 38.6. The highest BCUT2D eigenvalue weighted by molar-refractivity contribution is 5.91. The molecule has 1 nitrogen and oxygen atoms in total. The van der Waals surface area contributed by atoms with Crippen molar-refractivity contribution in [3.05, 3.63) is 287 Å². The lowest BCUT2D eigenvalue weighted by Crippen LogP contribution is -2.30. The van der Waals surface area contributed by atoms with Gasteiger partial charge >= 0.3 is 0 Å². The maximum Gasteiger partial charge on any atom is 0.0701 e. The molecule has 12 rings (SSSR count). The fourth-order valence-corrected chi connectivity index (χ4v) is 11.9. The van der Waals surface area contributed by atoms with E-state index in [2.05, 4.69) is 254 Å². The van der Waals surface area contributed by atoms with Crippen LogP contribution in [0.25, 0.3) is 45.2 Å². The lowest BCUT2D eigenvalue weighted by atomic mass is 9.65. The van der Waals surface area contributed by atoms with Gasteiger partial charge < -0.3 is 4.90 Å². The molecule has 0 aliphatic heterocycles. The van der Waals surface area contributed by atoms with Crippen LogP contribution in [0.5, 0.6) is 0 Å². The van der Waals surface area contributed by atoms with Crippen molar-refractivity contribution in [1.29, 1.82) is 0 Å². The summed E-state index contributed by atoms with van der Waals surface area (Å²) in [6, 6.07) is 81.3. The molecule has 0 heterocycles. The quantitative estimate of drug-likeness (QED) is 0.0977. The van der Waals surface area contributed by atoms with Gasteiger partial charge in [-0.3, -0.25) is 0 Å². The summed E-state index contributed by atoms with van der Waals surface area (Å²) in [4.78, 5) is 2.46. The largest absolute Gasteiger partial charge is 0.311 e. The molecule has 1 fully saturated rings. The summed E-state index contributed by atoms with van der Waals surface area (Å²) in [5.41, 5.74) is 19.0. The summed E-state index contributed by atoms with van der Waals surface area (Å²) in [6.45, 7) is 0. The van der Waals surface area contributed by atoms with E-state index in [9.17, 15) is 0 Å². The summed E-state index contributed by atoms with van der Waals surface area (Å²) in [6.07, 6.45) is 20.0. The Morgan fingerprint density at radius 2 is 0.941 bits per heavy atom. The molecule has 1 saturated carbocycles. The standard InChI is InChI=1S/C67H55N/c1-7-19-55(20-8-1)67(56-21-9-2-10-22-56,57-23-11-3-12-24-57)58-38-36-51(37-39-58)53-35-34-52-45-49(31-33-54(52)47-53)29-30-50-32-41-62-63-42-40-61(48-65(63)66(64(62)46-50)43-17-6-18-44-66)68(59-25-13-4-14-26-59)60-27-15-5-16-28-60/h1-4,7-15,19-42,45-48H,5-6,16-18,43-44H2/b30-29+. The second-order valence-electron chi connectivity index (χ2n) is 19.0. The van der Waals surface area contributed by atoms with E-state index in [0.29, 0.717) is 0 Å². The Balaban J connectivity index is 0.831. The van der Waals surface area contributed by atoms with Crippen molar-refractivity contribution < 1.29 is 0 Å². The molecule has 0 radical (unpaired) electrons. The minimum atomic E-state index is -0.461. The molecule has 0 amide bonds. The Morgan fingerprint density at radius 3 is 1.57 bits per heavy atom. The first-order chi connectivity index (χ1) is 33.7. The number of allylic oxidation sites excluding steroid dienone is 3. The van der Waals surface area contributed by atoms with E-state index < -0.39 is 5.41 Å². The first-order valence-electron chi connectivity index (χ1n) is 24.7. The van der Waals surface area contributed by atoms with E-state index in [1.54, 1.807) is 0 Å². The van der Waals surface area contributed by atoms with Gasteiger partial charge in [0.15, 0.2) is 0 Å². The maximum absolute atomic E-state index is 2.54. The lowest BCUT2D eigenvalue weighted by Gasteiger charge is -2.37. The van der Waals surface area contributed by atoms with Gasteiger partial charge in [0.25, 0.3) is 0 Å². The molecule has 0 atom stereocenters. The van der Waals surface area contributed by atoms with Crippen molar-refractivity contribution >= 4 is 34.3 Å². The van der Waals surface area contributed by atoms with E-state index in [1.165, 1.54) is 127 Å². The Morgan fingerprint density at radius 1 is 0.412 bits per heavy atom. The number of rotatable bonds is 10. The van der Waals surface area contributed by atoms with Gasteiger partial charge in [-0.25, -0.2) is 0 Å². The molecular formula is C67H55N. The molecule has 68 heavy (non-hydrogen) atoms. The van der Waals surface area contributed by atoms with Gasteiger partial charge in [0.1, 0.15) is 0 Å². The van der Waals surface area contributed by atoms with Crippen LogP contribution in [0.1, 0.15) is 89.5 Å². The molecule has 0 saturated heterocycles. The number of anilines is 2. The third-order valence-corrected chi connectivity index (χ3v) is 15.2. The van der Waals surface area contributed by atoms with Crippen LogP contribution < -0.4 is 4.90 Å². The fourth-order valence-electron chi connectivity index (χ4n) is 11.9. The Bertz CT molecular complexity index is 3240. The molecule has 9 aromatic rings. The average molecular weight is 874 g/mol. The van der Waals surface area contributed by atoms with E-state index in [-0.39, 0.29) is 5.41 Å². The highest BCUT2D eigenvalue weighted by Crippen LogP contribution is 2.57. The van der Waals surface area contributed by atoms with Crippen molar-refractivity contribution in [2.24, 2.45) is 0 Å². The van der Waals surface area contributed by atoms with Gasteiger partial charge in [-0.05, 0) is 146 Å². The van der Waals surface area contributed by atoms with Gasteiger partial charge in [0.05, 0.1) is 5.41 Å². The van der Waals surface area contributed by atoms with Crippen molar-refractivity contribution in [2.45, 2.75) is 55.8 Å². The maximum atomic E-state index is 2.54. The predicted octanol–water partition coefficient (Wildman–Crippen LogP) is 17.7. The Kier molecular flexibility index (Phi) is 10.9. The Labute approximate surface area is 402 Å². The second-order valence-corrected chi connectivity index (χ2v) is 19.0. The summed E-state index contributed by atoms with van der Waals surface area (Å²) in [5.74, 6) is 0. The molecule has 3 aliphatic carbocycles. The molecule has 3 aliphatic rings. The molecule has 0 N–H and O–H groups in total. The molecule has 328 valence electrons. The topological polar surface area (TPSA) is 3.24 Å². The number of para-hydroxylation sites is 1. The molecular weight excluding hydrogens is 819 g/mol. The van der Waals surface area contributed by atoms with Crippen LogP contribution in [-0.4, -0.2) is 0 Å². The van der Waals surface area contributed by atoms with Gasteiger partial charge in [0.2, 0.25) is 0 Å². The van der Waals surface area contributed by atoms with Gasteiger partial charge in [0, 0.05) is 22.5 Å². The van der Waals surface area contributed by atoms with Crippen LogP contribution >= 0.6 is 0 Å². The van der Waals surface area contributed by atoms with Gasteiger partial charge in [-0.15, -0.1) is 0 Å². The zero-order valence-corrected chi connectivity index (χ0v) is 38.6. The van der Waals surface area contributed by atoms with Crippen LogP contribution in [0.4, 0.5) is 11.4 Å². The number of fused-ring (bicyclic) bond motifs is 6. The van der Waals surface area contributed by atoms with Crippen molar-refractivity contribution in [2.75, 3.05) is 4.90 Å². The summed E-state index contributed by atoms with van der Waals surface area (Å²) < 4.78 is 0. The third kappa shape index (κ3) is 7.35. The van der Waals surface area contributed by atoms with Crippen LogP contribution in [0.15, 0.2) is 242 Å². The van der Waals surface area contributed by atoms with Crippen LogP contribution in [0.3, 0.4) is 0 Å². The normalized spacial score (nSPS) is 15.0. The molecule has 0 bridgehead atoms. The molecule has 0 aromatic heterocycles.